The molecule has 0 spiro atoms. The monoisotopic (exact) mass is 370 g/mol. The third-order valence-electron chi connectivity index (χ3n) is 5.72. The fourth-order valence-electron chi connectivity index (χ4n) is 3.96. The fourth-order valence-corrected chi connectivity index (χ4v) is 3.96. The molecule has 1 saturated carbocycles. The Hall–Kier alpha value is -3.19. The summed E-state index contributed by atoms with van der Waals surface area (Å²) in [6.07, 6.45) is 16.6. The molecule has 0 bridgehead atoms. The van der Waals surface area contributed by atoms with Crippen LogP contribution in [0.15, 0.2) is 78.8 Å². The Morgan fingerprint density at radius 3 is 2.79 bits per heavy atom. The van der Waals surface area contributed by atoms with E-state index in [4.69, 9.17) is 5.26 Å². The number of hydrogen-bond donors (Lipinski definition) is 0. The summed E-state index contributed by atoms with van der Waals surface area (Å²) in [4.78, 5) is 2.30. The standard InChI is InChI=1S/C24H26N4/c1-4-28-18(2)7-11-22(20-8-9-20)23-16-21(10-12-24(23)28)26(3)27-14-5-6-19(17-25)13-15-27/h5-7,10-16,20,22H,2,4,8-9H2,1,3H3/t22-/m0/s1. The second kappa shape index (κ2) is 7.44. The SMILES string of the molecule is C=C1C=C[C@@H](C2CC2)c2cc(N(C)N3C=CC=C(C#N)C=C3)ccc2N1CC. The van der Waals surface area contributed by atoms with Gasteiger partial charge in [0.2, 0.25) is 0 Å². The molecule has 0 amide bonds. The van der Waals surface area contributed by atoms with E-state index in [0.717, 1.165) is 23.8 Å². The first-order valence-electron chi connectivity index (χ1n) is 9.89. The molecule has 142 valence electrons. The molecule has 2 heterocycles. The van der Waals surface area contributed by atoms with Crippen molar-refractivity contribution in [3.05, 3.63) is 84.4 Å². The van der Waals surface area contributed by atoms with E-state index in [9.17, 15) is 0 Å². The Kier molecular flexibility index (Phi) is 4.83. The van der Waals surface area contributed by atoms with E-state index in [0.29, 0.717) is 11.5 Å². The van der Waals surface area contributed by atoms with Crippen molar-refractivity contribution in [2.45, 2.75) is 25.7 Å². The Balaban J connectivity index is 1.70. The molecule has 0 N–H and O–H groups in total. The molecule has 1 aliphatic carbocycles. The highest BCUT2D eigenvalue weighted by Crippen LogP contribution is 2.48. The van der Waals surface area contributed by atoms with E-state index in [1.54, 1.807) is 0 Å². The summed E-state index contributed by atoms with van der Waals surface area (Å²) < 4.78 is 0. The molecule has 3 aliphatic rings. The van der Waals surface area contributed by atoms with Crippen molar-refractivity contribution in [3.63, 3.8) is 0 Å². The van der Waals surface area contributed by atoms with E-state index in [2.05, 4.69) is 59.8 Å². The van der Waals surface area contributed by atoms with Crippen molar-refractivity contribution >= 4 is 11.4 Å². The second-order valence-corrected chi connectivity index (χ2v) is 7.50. The van der Waals surface area contributed by atoms with Gasteiger partial charge in [0.15, 0.2) is 0 Å². The highest BCUT2D eigenvalue weighted by Gasteiger charge is 2.34. The summed E-state index contributed by atoms with van der Waals surface area (Å²) in [5, 5.41) is 13.2. The Morgan fingerprint density at radius 1 is 1.25 bits per heavy atom. The number of nitriles is 1. The Labute approximate surface area is 167 Å². The van der Waals surface area contributed by atoms with Crippen LogP contribution in [0.4, 0.5) is 11.4 Å². The minimum atomic E-state index is 0.443. The molecule has 4 nitrogen and oxygen atoms in total. The molecule has 28 heavy (non-hydrogen) atoms. The summed E-state index contributed by atoms with van der Waals surface area (Å²) >= 11 is 0. The number of anilines is 2. The van der Waals surface area contributed by atoms with Gasteiger partial charge in [0.05, 0.1) is 17.3 Å². The van der Waals surface area contributed by atoms with E-state index < -0.39 is 0 Å². The first-order chi connectivity index (χ1) is 13.6. The van der Waals surface area contributed by atoms with E-state index in [1.807, 2.05) is 42.7 Å². The van der Waals surface area contributed by atoms with E-state index in [-0.39, 0.29) is 0 Å². The molecule has 1 fully saturated rings. The smallest absolute Gasteiger partial charge is 0.0992 e. The molecule has 4 rings (SSSR count). The molecule has 0 saturated heterocycles. The van der Waals surface area contributed by atoms with Crippen molar-refractivity contribution in [1.29, 1.82) is 5.26 Å². The summed E-state index contributed by atoms with van der Waals surface area (Å²) in [6.45, 7) is 7.35. The predicted molar refractivity (Wildman–Crippen MR) is 115 cm³/mol. The van der Waals surface area contributed by atoms with Crippen LogP contribution in [-0.2, 0) is 0 Å². The number of benzene rings is 1. The number of fused-ring (bicyclic) bond motifs is 1. The van der Waals surface area contributed by atoms with Crippen LogP contribution in [0.2, 0.25) is 0 Å². The summed E-state index contributed by atoms with van der Waals surface area (Å²) in [7, 11) is 2.04. The van der Waals surface area contributed by atoms with Crippen molar-refractivity contribution in [3.8, 4) is 6.07 Å². The quantitative estimate of drug-likeness (QED) is 0.726. The minimum Gasteiger partial charge on any atom is -0.342 e. The van der Waals surface area contributed by atoms with Crippen LogP contribution in [0.25, 0.3) is 0 Å². The molecule has 1 aromatic rings. The lowest BCUT2D eigenvalue weighted by atomic mass is 9.92. The molecule has 4 heteroatoms. The summed E-state index contributed by atoms with van der Waals surface area (Å²) in [5.41, 5.74) is 5.46. The first kappa shape index (κ1) is 18.2. The average Bonchev–Trinajstić information content (AvgIpc) is 3.55. The van der Waals surface area contributed by atoms with Gasteiger partial charge >= 0.3 is 0 Å². The lowest BCUT2D eigenvalue weighted by molar-refractivity contribution is 0.493. The lowest BCUT2D eigenvalue weighted by Crippen LogP contribution is -2.31. The summed E-state index contributed by atoms with van der Waals surface area (Å²) in [6, 6.07) is 8.89. The van der Waals surface area contributed by atoms with E-state index in [1.165, 1.54) is 24.1 Å². The van der Waals surface area contributed by atoms with Gasteiger partial charge in [0, 0.05) is 43.3 Å². The number of likely N-dealkylation sites (N-methyl/N-ethyl adjacent to an activating group) is 1. The van der Waals surface area contributed by atoms with Crippen LogP contribution in [0, 0.1) is 17.2 Å². The van der Waals surface area contributed by atoms with Crippen LogP contribution in [0.5, 0.6) is 0 Å². The van der Waals surface area contributed by atoms with Crippen molar-refractivity contribution in [2.24, 2.45) is 5.92 Å². The van der Waals surface area contributed by atoms with Crippen LogP contribution < -0.4 is 9.91 Å². The number of rotatable bonds is 4. The van der Waals surface area contributed by atoms with Gasteiger partial charge in [-0.2, -0.15) is 5.26 Å². The molecule has 2 aliphatic heterocycles. The summed E-state index contributed by atoms with van der Waals surface area (Å²) in [5.74, 6) is 1.18. The lowest BCUT2D eigenvalue weighted by Gasteiger charge is -2.32. The fraction of sp³-hybridized carbons (Fsp3) is 0.292. The number of hydrogen-bond acceptors (Lipinski definition) is 4. The zero-order chi connectivity index (χ0) is 19.7. The molecular weight excluding hydrogens is 344 g/mol. The maximum absolute atomic E-state index is 9.12. The Bertz CT molecular complexity index is 940. The first-order valence-corrected chi connectivity index (χ1v) is 9.89. The topological polar surface area (TPSA) is 33.5 Å². The molecule has 1 atom stereocenters. The third kappa shape index (κ3) is 3.36. The van der Waals surface area contributed by atoms with Crippen molar-refractivity contribution in [2.75, 3.05) is 23.5 Å². The second-order valence-electron chi connectivity index (χ2n) is 7.50. The van der Waals surface area contributed by atoms with Gasteiger partial charge in [-0.05, 0) is 73.7 Å². The van der Waals surface area contributed by atoms with E-state index >= 15 is 0 Å². The zero-order valence-electron chi connectivity index (χ0n) is 16.5. The van der Waals surface area contributed by atoms with Gasteiger partial charge in [-0.3, -0.25) is 10.0 Å². The van der Waals surface area contributed by atoms with Crippen LogP contribution >= 0.6 is 0 Å². The Morgan fingerprint density at radius 2 is 2.07 bits per heavy atom. The highest BCUT2D eigenvalue weighted by atomic mass is 15.6. The van der Waals surface area contributed by atoms with Crippen LogP contribution in [0.1, 0.15) is 31.2 Å². The molecule has 0 radical (unpaired) electrons. The maximum Gasteiger partial charge on any atom is 0.0992 e. The number of nitrogens with zero attached hydrogens (tertiary/aromatic N) is 4. The normalized spacial score (nSPS) is 21.0. The number of hydrazine groups is 1. The third-order valence-corrected chi connectivity index (χ3v) is 5.72. The van der Waals surface area contributed by atoms with Crippen LogP contribution in [-0.4, -0.2) is 18.6 Å². The molecular formula is C24H26N4. The van der Waals surface area contributed by atoms with Crippen molar-refractivity contribution < 1.29 is 0 Å². The predicted octanol–water partition coefficient (Wildman–Crippen LogP) is 5.23. The van der Waals surface area contributed by atoms with Gasteiger partial charge in [-0.25, -0.2) is 0 Å². The largest absolute Gasteiger partial charge is 0.342 e. The highest BCUT2D eigenvalue weighted by molar-refractivity contribution is 5.68. The molecule has 0 unspecified atom stereocenters. The average molecular weight is 371 g/mol. The van der Waals surface area contributed by atoms with Crippen molar-refractivity contribution in [1.82, 2.24) is 5.01 Å². The number of allylic oxidation sites excluding steroid dienone is 6. The zero-order valence-corrected chi connectivity index (χ0v) is 16.5. The van der Waals surface area contributed by atoms with Gasteiger partial charge in [0.25, 0.3) is 0 Å². The molecule has 1 aromatic carbocycles. The minimum absolute atomic E-state index is 0.443. The molecule has 0 aromatic heterocycles. The van der Waals surface area contributed by atoms with Gasteiger partial charge in [0.1, 0.15) is 0 Å². The maximum atomic E-state index is 9.12. The van der Waals surface area contributed by atoms with Crippen LogP contribution in [0.3, 0.4) is 0 Å². The van der Waals surface area contributed by atoms with Gasteiger partial charge < -0.3 is 4.90 Å². The van der Waals surface area contributed by atoms with Gasteiger partial charge in [-0.1, -0.05) is 12.7 Å². The van der Waals surface area contributed by atoms with Gasteiger partial charge in [-0.15, -0.1) is 0 Å².